The molecule has 13 heavy (non-hydrogen) atoms. The molecule has 3 rings (SSSR count). The van der Waals surface area contributed by atoms with E-state index in [4.69, 9.17) is 0 Å². The molecule has 3 aliphatic rings. The van der Waals surface area contributed by atoms with Crippen LogP contribution in [0.15, 0.2) is 0 Å². The summed E-state index contributed by atoms with van der Waals surface area (Å²) in [5.41, 5.74) is 0.866. The molecule has 0 amide bonds. The zero-order valence-electron chi connectivity index (χ0n) is 8.68. The molecule has 0 aromatic carbocycles. The van der Waals surface area contributed by atoms with Gasteiger partial charge in [-0.25, -0.2) is 0 Å². The summed E-state index contributed by atoms with van der Waals surface area (Å²) in [4.78, 5) is 0. The fourth-order valence-corrected chi connectivity index (χ4v) is 4.23. The predicted octanol–water partition coefficient (Wildman–Crippen LogP) is 2.42. The van der Waals surface area contributed by atoms with Crippen LogP contribution in [0.1, 0.15) is 39.0 Å². The first-order valence-corrected chi connectivity index (χ1v) is 6.06. The standard InChI is InChI=1S/C12H21N/c1-2-13-8-11-7-12(11)6-9-3-4-10(12)5-9/h9-11,13H,2-8H2,1H3. The van der Waals surface area contributed by atoms with E-state index in [-0.39, 0.29) is 0 Å². The van der Waals surface area contributed by atoms with Crippen molar-refractivity contribution >= 4 is 0 Å². The lowest BCUT2D eigenvalue weighted by Gasteiger charge is -2.22. The van der Waals surface area contributed by atoms with E-state index in [0.717, 1.165) is 29.7 Å². The summed E-state index contributed by atoms with van der Waals surface area (Å²) in [5.74, 6) is 3.33. The molecule has 3 saturated carbocycles. The summed E-state index contributed by atoms with van der Waals surface area (Å²) in [6, 6.07) is 0. The van der Waals surface area contributed by atoms with E-state index >= 15 is 0 Å². The van der Waals surface area contributed by atoms with Gasteiger partial charge in [-0.1, -0.05) is 13.3 Å². The van der Waals surface area contributed by atoms with E-state index in [1.807, 2.05) is 0 Å². The zero-order valence-corrected chi connectivity index (χ0v) is 8.68. The Morgan fingerprint density at radius 2 is 2.23 bits per heavy atom. The fraction of sp³-hybridized carbons (Fsp3) is 1.00. The second-order valence-corrected chi connectivity index (χ2v) is 5.52. The number of hydrogen-bond donors (Lipinski definition) is 1. The van der Waals surface area contributed by atoms with Gasteiger partial charge in [0.1, 0.15) is 0 Å². The minimum Gasteiger partial charge on any atom is -0.317 e. The van der Waals surface area contributed by atoms with E-state index < -0.39 is 0 Å². The first-order chi connectivity index (χ1) is 6.35. The van der Waals surface area contributed by atoms with Crippen LogP contribution in [0.5, 0.6) is 0 Å². The molecular formula is C12H21N. The van der Waals surface area contributed by atoms with Crippen molar-refractivity contribution in [3.8, 4) is 0 Å². The highest BCUT2D eigenvalue weighted by Gasteiger charge is 2.63. The maximum absolute atomic E-state index is 3.52. The van der Waals surface area contributed by atoms with Crippen LogP contribution in [0.3, 0.4) is 0 Å². The third-order valence-electron chi connectivity index (χ3n) is 4.94. The quantitative estimate of drug-likeness (QED) is 0.701. The van der Waals surface area contributed by atoms with Crippen LogP contribution in [0.25, 0.3) is 0 Å². The van der Waals surface area contributed by atoms with Gasteiger partial charge in [0.2, 0.25) is 0 Å². The molecule has 1 spiro atoms. The smallest absolute Gasteiger partial charge is 0.00150 e. The van der Waals surface area contributed by atoms with Crippen molar-refractivity contribution in [2.24, 2.45) is 23.2 Å². The van der Waals surface area contributed by atoms with Gasteiger partial charge in [-0.15, -0.1) is 0 Å². The van der Waals surface area contributed by atoms with Gasteiger partial charge in [0.25, 0.3) is 0 Å². The van der Waals surface area contributed by atoms with Gasteiger partial charge in [-0.3, -0.25) is 0 Å². The lowest BCUT2D eigenvalue weighted by Crippen LogP contribution is -2.22. The Morgan fingerprint density at radius 1 is 1.31 bits per heavy atom. The largest absolute Gasteiger partial charge is 0.317 e. The topological polar surface area (TPSA) is 12.0 Å². The van der Waals surface area contributed by atoms with Gasteiger partial charge < -0.3 is 5.32 Å². The van der Waals surface area contributed by atoms with E-state index in [1.54, 1.807) is 32.1 Å². The van der Waals surface area contributed by atoms with Gasteiger partial charge in [0.05, 0.1) is 0 Å². The Hall–Kier alpha value is -0.0400. The van der Waals surface area contributed by atoms with Crippen molar-refractivity contribution in [2.45, 2.75) is 39.0 Å². The van der Waals surface area contributed by atoms with Crippen LogP contribution < -0.4 is 5.32 Å². The van der Waals surface area contributed by atoms with E-state index in [2.05, 4.69) is 12.2 Å². The highest BCUT2D eigenvalue weighted by Crippen LogP contribution is 2.71. The molecule has 74 valence electrons. The lowest BCUT2D eigenvalue weighted by atomic mass is 9.84. The molecule has 1 heteroatoms. The molecular weight excluding hydrogens is 158 g/mol. The van der Waals surface area contributed by atoms with Crippen molar-refractivity contribution in [1.82, 2.24) is 5.32 Å². The molecule has 2 bridgehead atoms. The maximum atomic E-state index is 3.52. The number of hydrogen-bond acceptors (Lipinski definition) is 1. The number of fused-ring (bicyclic) bond motifs is 3. The van der Waals surface area contributed by atoms with Crippen molar-refractivity contribution in [1.29, 1.82) is 0 Å². The van der Waals surface area contributed by atoms with Gasteiger partial charge in [0.15, 0.2) is 0 Å². The molecule has 0 radical (unpaired) electrons. The molecule has 1 nitrogen and oxygen atoms in total. The summed E-state index contributed by atoms with van der Waals surface area (Å²) in [6.07, 6.45) is 7.85. The Morgan fingerprint density at radius 3 is 2.85 bits per heavy atom. The molecule has 4 unspecified atom stereocenters. The Labute approximate surface area is 81.3 Å². The highest BCUT2D eigenvalue weighted by molar-refractivity contribution is 5.13. The Kier molecular flexibility index (Phi) is 1.74. The van der Waals surface area contributed by atoms with Crippen LogP contribution in [-0.4, -0.2) is 13.1 Å². The monoisotopic (exact) mass is 179 g/mol. The summed E-state index contributed by atoms with van der Waals surface area (Å²) < 4.78 is 0. The first-order valence-electron chi connectivity index (χ1n) is 6.06. The van der Waals surface area contributed by atoms with Crippen molar-refractivity contribution < 1.29 is 0 Å². The summed E-state index contributed by atoms with van der Waals surface area (Å²) >= 11 is 0. The van der Waals surface area contributed by atoms with Crippen molar-refractivity contribution in [2.75, 3.05) is 13.1 Å². The fourth-order valence-electron chi connectivity index (χ4n) is 4.23. The molecule has 0 saturated heterocycles. The molecule has 0 heterocycles. The van der Waals surface area contributed by atoms with E-state index in [9.17, 15) is 0 Å². The van der Waals surface area contributed by atoms with Crippen LogP contribution in [0.4, 0.5) is 0 Å². The van der Waals surface area contributed by atoms with Crippen LogP contribution in [0, 0.1) is 23.2 Å². The van der Waals surface area contributed by atoms with Gasteiger partial charge in [-0.2, -0.15) is 0 Å². The average molecular weight is 179 g/mol. The summed E-state index contributed by atoms with van der Waals surface area (Å²) in [7, 11) is 0. The highest BCUT2D eigenvalue weighted by atomic mass is 14.9. The minimum absolute atomic E-state index is 0.866. The Bertz CT molecular complexity index is 213. The zero-order chi connectivity index (χ0) is 8.89. The van der Waals surface area contributed by atoms with Crippen LogP contribution in [-0.2, 0) is 0 Å². The average Bonchev–Trinajstić information content (AvgIpc) is 2.54. The SMILES string of the molecule is CCNCC1CC12CC1CCC2C1. The molecule has 1 N–H and O–H groups in total. The number of nitrogens with one attached hydrogen (secondary N) is 1. The van der Waals surface area contributed by atoms with E-state index in [1.165, 1.54) is 6.54 Å². The predicted molar refractivity (Wildman–Crippen MR) is 54.5 cm³/mol. The normalized spacial score (nSPS) is 51.9. The second kappa shape index (κ2) is 2.73. The van der Waals surface area contributed by atoms with Crippen LogP contribution >= 0.6 is 0 Å². The van der Waals surface area contributed by atoms with Crippen molar-refractivity contribution in [3.05, 3.63) is 0 Å². The molecule has 3 aliphatic carbocycles. The van der Waals surface area contributed by atoms with E-state index in [0.29, 0.717) is 0 Å². The molecule has 3 fully saturated rings. The summed E-state index contributed by atoms with van der Waals surface area (Å²) in [6.45, 7) is 4.68. The molecule has 0 aromatic rings. The molecule has 0 aliphatic heterocycles. The Balaban J connectivity index is 1.61. The first kappa shape index (κ1) is 8.28. The third-order valence-corrected chi connectivity index (χ3v) is 4.94. The number of rotatable bonds is 3. The van der Waals surface area contributed by atoms with Gasteiger partial charge in [0, 0.05) is 0 Å². The van der Waals surface area contributed by atoms with Gasteiger partial charge in [-0.05, 0) is 61.9 Å². The van der Waals surface area contributed by atoms with Crippen LogP contribution in [0.2, 0.25) is 0 Å². The van der Waals surface area contributed by atoms with Gasteiger partial charge >= 0.3 is 0 Å². The second-order valence-electron chi connectivity index (χ2n) is 5.52. The minimum atomic E-state index is 0.866. The summed E-state index contributed by atoms with van der Waals surface area (Å²) in [5, 5.41) is 3.52. The van der Waals surface area contributed by atoms with Crippen molar-refractivity contribution in [3.63, 3.8) is 0 Å². The maximum Gasteiger partial charge on any atom is -0.00150 e. The molecule has 4 atom stereocenters. The third kappa shape index (κ3) is 1.09. The lowest BCUT2D eigenvalue weighted by molar-refractivity contribution is 0.278. The molecule has 0 aromatic heterocycles.